The number of allylic oxidation sites excluding steroid dienone is 2. The van der Waals surface area contributed by atoms with E-state index in [0.717, 1.165) is 24.0 Å². The quantitative estimate of drug-likeness (QED) is 0.468. The minimum absolute atomic E-state index is 0.0304. The minimum Gasteiger partial charge on any atom is -0.500 e. The number of carbonyl (C=O) groups is 1. The molecule has 1 aromatic carbocycles. The molecule has 0 atom stereocenters. The average molecular weight is 302 g/mol. The Bertz CT molecular complexity index is 599. The van der Waals surface area contributed by atoms with E-state index in [4.69, 9.17) is 14.2 Å². The van der Waals surface area contributed by atoms with Gasteiger partial charge in [-0.05, 0) is 55.4 Å². The summed E-state index contributed by atoms with van der Waals surface area (Å²) in [6.07, 6.45) is 8.20. The number of hydrogen-bond donors (Lipinski definition) is 0. The van der Waals surface area contributed by atoms with E-state index in [-0.39, 0.29) is 5.76 Å². The molecule has 4 heteroatoms. The second kappa shape index (κ2) is 7.69. The van der Waals surface area contributed by atoms with Crippen molar-refractivity contribution in [2.45, 2.75) is 32.6 Å². The van der Waals surface area contributed by atoms with Gasteiger partial charge in [0, 0.05) is 0 Å². The van der Waals surface area contributed by atoms with E-state index in [9.17, 15) is 4.79 Å². The van der Waals surface area contributed by atoms with Crippen LogP contribution in [0.25, 0.3) is 5.57 Å². The average Bonchev–Trinajstić information content (AvgIpc) is 2.56. The molecule has 0 N–H and O–H groups in total. The van der Waals surface area contributed by atoms with E-state index in [1.165, 1.54) is 38.9 Å². The van der Waals surface area contributed by atoms with Crippen LogP contribution >= 0.6 is 0 Å². The minimum atomic E-state index is -0.566. The van der Waals surface area contributed by atoms with Crippen molar-refractivity contribution in [1.82, 2.24) is 0 Å². The number of carbonyl (C=O) groups excluding carboxylic acids is 1. The van der Waals surface area contributed by atoms with Gasteiger partial charge >= 0.3 is 5.97 Å². The number of hydrogen-bond acceptors (Lipinski definition) is 4. The lowest BCUT2D eigenvalue weighted by Crippen LogP contribution is -2.12. The highest BCUT2D eigenvalue weighted by Crippen LogP contribution is 2.31. The van der Waals surface area contributed by atoms with Crippen LogP contribution in [0.15, 0.2) is 36.3 Å². The van der Waals surface area contributed by atoms with Gasteiger partial charge in [0.25, 0.3) is 0 Å². The number of methoxy groups -OCH3 is 2. The Hall–Kier alpha value is -2.23. The van der Waals surface area contributed by atoms with Crippen molar-refractivity contribution in [3.8, 4) is 5.75 Å². The van der Waals surface area contributed by atoms with Crippen LogP contribution in [0.1, 0.15) is 36.8 Å². The molecule has 1 aliphatic carbocycles. The zero-order chi connectivity index (χ0) is 15.9. The molecule has 0 bridgehead atoms. The SMILES string of the molecule is CO/C=C(\Oc1cc(C2=CCCCC2)ccc1C)C(=O)OC. The van der Waals surface area contributed by atoms with Crippen molar-refractivity contribution in [2.75, 3.05) is 14.2 Å². The van der Waals surface area contributed by atoms with Crippen LogP contribution in [0.3, 0.4) is 0 Å². The number of benzene rings is 1. The van der Waals surface area contributed by atoms with Gasteiger partial charge in [0.15, 0.2) is 0 Å². The van der Waals surface area contributed by atoms with Gasteiger partial charge in [0.05, 0.1) is 14.2 Å². The van der Waals surface area contributed by atoms with Gasteiger partial charge in [-0.3, -0.25) is 0 Å². The summed E-state index contributed by atoms with van der Waals surface area (Å²) in [7, 11) is 2.77. The van der Waals surface area contributed by atoms with Crippen LogP contribution in [-0.4, -0.2) is 20.2 Å². The predicted octanol–water partition coefficient (Wildman–Crippen LogP) is 3.99. The molecule has 0 aromatic heterocycles. The first-order valence-corrected chi connectivity index (χ1v) is 7.45. The largest absolute Gasteiger partial charge is 0.500 e. The van der Waals surface area contributed by atoms with E-state index in [2.05, 4.69) is 12.1 Å². The monoisotopic (exact) mass is 302 g/mol. The van der Waals surface area contributed by atoms with Gasteiger partial charge in [0.2, 0.25) is 5.76 Å². The lowest BCUT2D eigenvalue weighted by atomic mass is 9.93. The first-order valence-electron chi connectivity index (χ1n) is 7.45. The molecule has 0 saturated carbocycles. The van der Waals surface area contributed by atoms with E-state index in [1.54, 1.807) is 0 Å². The van der Waals surface area contributed by atoms with Crippen LogP contribution < -0.4 is 4.74 Å². The summed E-state index contributed by atoms with van der Waals surface area (Å²) >= 11 is 0. The Labute approximate surface area is 131 Å². The molecule has 0 saturated heterocycles. The number of rotatable bonds is 5. The van der Waals surface area contributed by atoms with Crippen LogP contribution in [0.4, 0.5) is 0 Å². The summed E-state index contributed by atoms with van der Waals surface area (Å²) in [4.78, 5) is 11.7. The Morgan fingerprint density at radius 2 is 2.05 bits per heavy atom. The second-order valence-electron chi connectivity index (χ2n) is 5.27. The Morgan fingerprint density at radius 3 is 2.68 bits per heavy atom. The molecule has 2 rings (SSSR count). The van der Waals surface area contributed by atoms with Gasteiger partial charge in [-0.15, -0.1) is 0 Å². The maximum atomic E-state index is 11.7. The first kappa shape index (κ1) is 16.1. The molecule has 118 valence electrons. The third kappa shape index (κ3) is 3.91. The molecule has 0 radical (unpaired) electrons. The Balaban J connectivity index is 2.28. The third-order valence-electron chi connectivity index (χ3n) is 3.68. The number of esters is 1. The molecule has 1 aromatic rings. The van der Waals surface area contributed by atoms with Crippen LogP contribution in [-0.2, 0) is 14.3 Å². The summed E-state index contributed by atoms with van der Waals surface area (Å²) in [6.45, 7) is 1.94. The lowest BCUT2D eigenvalue weighted by Gasteiger charge is -2.16. The molecule has 0 fully saturated rings. The van der Waals surface area contributed by atoms with Gasteiger partial charge in [0.1, 0.15) is 12.0 Å². The van der Waals surface area contributed by atoms with Crippen molar-refractivity contribution >= 4 is 11.5 Å². The fourth-order valence-electron chi connectivity index (χ4n) is 2.45. The normalized spacial score (nSPS) is 15.0. The summed E-state index contributed by atoms with van der Waals surface area (Å²) in [6, 6.07) is 6.07. The van der Waals surface area contributed by atoms with Crippen molar-refractivity contribution in [2.24, 2.45) is 0 Å². The molecular weight excluding hydrogens is 280 g/mol. The van der Waals surface area contributed by atoms with E-state index < -0.39 is 5.97 Å². The number of ether oxygens (including phenoxy) is 3. The van der Waals surface area contributed by atoms with Crippen molar-refractivity contribution in [3.63, 3.8) is 0 Å². The number of aryl methyl sites for hydroxylation is 1. The van der Waals surface area contributed by atoms with Gasteiger partial charge < -0.3 is 14.2 Å². The zero-order valence-corrected chi connectivity index (χ0v) is 13.3. The summed E-state index contributed by atoms with van der Waals surface area (Å²) in [5.41, 5.74) is 3.43. The van der Waals surface area contributed by atoms with Crippen molar-refractivity contribution < 1.29 is 19.0 Å². The second-order valence-corrected chi connectivity index (χ2v) is 5.27. The highest BCUT2D eigenvalue weighted by molar-refractivity contribution is 5.86. The molecule has 0 amide bonds. The predicted molar refractivity (Wildman–Crippen MR) is 85.4 cm³/mol. The van der Waals surface area contributed by atoms with Gasteiger partial charge in [-0.1, -0.05) is 18.2 Å². The Morgan fingerprint density at radius 1 is 1.23 bits per heavy atom. The van der Waals surface area contributed by atoms with Gasteiger partial charge in [-0.2, -0.15) is 0 Å². The fourth-order valence-corrected chi connectivity index (χ4v) is 2.45. The molecule has 4 nitrogen and oxygen atoms in total. The topological polar surface area (TPSA) is 44.8 Å². The maximum Gasteiger partial charge on any atom is 0.377 e. The zero-order valence-electron chi connectivity index (χ0n) is 13.3. The molecule has 0 heterocycles. The highest BCUT2D eigenvalue weighted by Gasteiger charge is 2.16. The lowest BCUT2D eigenvalue weighted by molar-refractivity contribution is -0.138. The third-order valence-corrected chi connectivity index (χ3v) is 3.68. The van der Waals surface area contributed by atoms with E-state index in [0.29, 0.717) is 5.75 Å². The standard InChI is InChI=1S/C18H22O4/c1-13-9-10-15(14-7-5-4-6-8-14)11-16(13)22-17(12-20-2)18(19)21-3/h7,9-12H,4-6,8H2,1-3H3/b17-12-. The smallest absolute Gasteiger partial charge is 0.377 e. The molecule has 0 unspecified atom stereocenters. The van der Waals surface area contributed by atoms with Gasteiger partial charge in [-0.25, -0.2) is 4.79 Å². The molecule has 22 heavy (non-hydrogen) atoms. The van der Waals surface area contributed by atoms with Crippen LogP contribution in [0, 0.1) is 6.92 Å². The fraction of sp³-hybridized carbons (Fsp3) is 0.389. The molecule has 0 spiro atoms. The highest BCUT2D eigenvalue weighted by atomic mass is 16.6. The van der Waals surface area contributed by atoms with Crippen LogP contribution in [0.2, 0.25) is 0 Å². The first-order chi connectivity index (χ1) is 10.7. The summed E-state index contributed by atoms with van der Waals surface area (Å²) in [5, 5.41) is 0. The van der Waals surface area contributed by atoms with E-state index >= 15 is 0 Å². The summed E-state index contributed by atoms with van der Waals surface area (Å²) in [5.74, 6) is 0.101. The van der Waals surface area contributed by atoms with Crippen molar-refractivity contribution in [3.05, 3.63) is 47.4 Å². The summed E-state index contributed by atoms with van der Waals surface area (Å²) < 4.78 is 15.3. The maximum absolute atomic E-state index is 11.7. The Kier molecular flexibility index (Phi) is 5.64. The van der Waals surface area contributed by atoms with E-state index in [1.807, 2.05) is 19.1 Å². The molecular formula is C18H22O4. The van der Waals surface area contributed by atoms with Crippen LogP contribution in [0.5, 0.6) is 5.75 Å². The molecule has 0 aliphatic heterocycles. The molecule has 1 aliphatic rings. The van der Waals surface area contributed by atoms with Crippen molar-refractivity contribution in [1.29, 1.82) is 0 Å².